The predicted molar refractivity (Wildman–Crippen MR) is 184 cm³/mol. The maximum atomic E-state index is 13.8. The topological polar surface area (TPSA) is 131 Å². The number of halogens is 3. The zero-order valence-corrected chi connectivity index (χ0v) is 28.6. The van der Waals surface area contributed by atoms with E-state index in [9.17, 15) is 18.0 Å². The number of nitrogens with zero attached hydrogens (tertiary/aromatic N) is 3. The number of hydrogen-bond acceptors (Lipinski definition) is 6. The lowest BCUT2D eigenvalue weighted by molar-refractivity contribution is -0.120. The van der Waals surface area contributed by atoms with Gasteiger partial charge in [-0.2, -0.15) is 13.5 Å². The molecule has 2 fully saturated rings. The number of carbonyl (C=O) groups is 2. The molecule has 3 aromatic carbocycles. The van der Waals surface area contributed by atoms with Crippen molar-refractivity contribution in [3.63, 3.8) is 0 Å². The summed E-state index contributed by atoms with van der Waals surface area (Å²) in [5, 5.41) is 8.19. The summed E-state index contributed by atoms with van der Waals surface area (Å²) in [5.74, 6) is 0.361. The third-order valence-corrected chi connectivity index (χ3v) is 10.9. The van der Waals surface area contributed by atoms with Crippen LogP contribution in [0.25, 0.3) is 11.1 Å². The Labute approximate surface area is 292 Å². The Morgan fingerprint density at radius 3 is 2.62 bits per heavy atom. The molecule has 3 aliphatic rings. The molecule has 0 saturated heterocycles. The number of nitrogens with one attached hydrogen (secondary N) is 1. The van der Waals surface area contributed by atoms with E-state index in [2.05, 4.69) is 16.5 Å². The van der Waals surface area contributed by atoms with Crippen LogP contribution in [0.3, 0.4) is 0 Å². The minimum atomic E-state index is -4.16. The molecule has 14 heteroatoms. The van der Waals surface area contributed by atoms with Gasteiger partial charge < -0.3 is 15.0 Å². The third-order valence-electron chi connectivity index (χ3n) is 9.14. The number of amides is 2. The van der Waals surface area contributed by atoms with Crippen LogP contribution in [-0.4, -0.2) is 60.0 Å². The Balaban J connectivity index is 1.03. The van der Waals surface area contributed by atoms with Gasteiger partial charge in [-0.05, 0) is 65.6 Å². The second-order valence-electron chi connectivity index (χ2n) is 12.6. The highest BCUT2D eigenvalue weighted by Crippen LogP contribution is 2.58. The van der Waals surface area contributed by atoms with E-state index in [1.54, 1.807) is 35.0 Å². The van der Waals surface area contributed by atoms with Gasteiger partial charge in [0.05, 0.1) is 40.2 Å². The van der Waals surface area contributed by atoms with Crippen molar-refractivity contribution in [3.05, 3.63) is 98.7 Å². The molecule has 2 amide bonds. The Morgan fingerprint density at radius 2 is 1.81 bits per heavy atom. The fourth-order valence-corrected chi connectivity index (χ4v) is 7.45. The molecule has 2 heterocycles. The smallest absolute Gasteiger partial charge is 0.266 e. The molecular weight excluding hydrogens is 699 g/mol. The average Bonchev–Trinajstić information content (AvgIpc) is 3.96. The molecule has 4 aromatic rings. The maximum Gasteiger partial charge on any atom is 0.266 e. The minimum absolute atomic E-state index is 0.0890. The quantitative estimate of drug-likeness (QED) is 0.136. The number of ether oxygens (including phenoxy) is 1. The summed E-state index contributed by atoms with van der Waals surface area (Å²) in [5.41, 5.74) is 5.35. The van der Waals surface area contributed by atoms with Gasteiger partial charge >= 0.3 is 0 Å². The SMILES string of the molecule is O=C(NCCS(=O)(=O)O)c1cccc(Cn2cc(-c3cccc4c3C3CC3CN4C(=O)C3CC3COc3cc(Cl)c(Cl)cc3Cl)cn2)c1. The Morgan fingerprint density at radius 1 is 1.02 bits per heavy atom. The Bertz CT molecular complexity index is 2040. The zero-order valence-electron chi connectivity index (χ0n) is 25.5. The molecular formula is C34H31Cl3N4O6S. The van der Waals surface area contributed by atoms with Crippen LogP contribution in [0.1, 0.15) is 40.2 Å². The number of carbonyl (C=O) groups excluding carboxylic acids is 2. The highest BCUT2D eigenvalue weighted by Gasteiger charge is 2.52. The molecule has 4 atom stereocenters. The van der Waals surface area contributed by atoms with E-state index in [1.807, 2.05) is 35.5 Å². The van der Waals surface area contributed by atoms with Crippen LogP contribution in [0.4, 0.5) is 5.69 Å². The van der Waals surface area contributed by atoms with E-state index in [1.165, 1.54) is 5.56 Å². The Hall–Kier alpha value is -3.61. The lowest BCUT2D eigenvalue weighted by atomic mass is 9.92. The van der Waals surface area contributed by atoms with Crippen LogP contribution >= 0.6 is 34.8 Å². The standard InChI is InChI=1S/C34H31Cl3N4O6S/c35-27-12-29(37)31(13-28(27)36)47-18-22-11-26(22)34(43)41-17-21-10-25(21)32-24(5-2-6-30(32)41)23-14-39-40(16-23)15-19-3-1-4-20(9-19)33(42)38-7-8-48(44,45)46/h1-6,9,12-14,16,21-22,25-26H,7-8,10-11,15,17-18H2,(H,38,42)(H,44,45,46). The Kier molecular flexibility index (Phi) is 8.93. The summed E-state index contributed by atoms with van der Waals surface area (Å²) < 4.78 is 38.5. The van der Waals surface area contributed by atoms with E-state index < -0.39 is 21.8 Å². The first-order chi connectivity index (χ1) is 22.9. The molecule has 2 N–H and O–H groups in total. The number of fused-ring (bicyclic) bond motifs is 3. The highest BCUT2D eigenvalue weighted by molar-refractivity contribution is 7.85. The number of anilines is 1. The van der Waals surface area contributed by atoms with Gasteiger partial charge in [-0.15, -0.1) is 0 Å². The van der Waals surface area contributed by atoms with Crippen LogP contribution in [0, 0.1) is 17.8 Å². The number of rotatable bonds is 11. The first kappa shape index (κ1) is 32.9. The van der Waals surface area contributed by atoms with Crippen molar-refractivity contribution in [3.8, 4) is 16.9 Å². The highest BCUT2D eigenvalue weighted by atomic mass is 35.5. The lowest BCUT2D eigenvalue weighted by Gasteiger charge is -2.31. The molecule has 2 aliphatic carbocycles. The molecule has 7 rings (SSSR count). The van der Waals surface area contributed by atoms with Crippen LogP contribution < -0.4 is 15.0 Å². The van der Waals surface area contributed by atoms with Gasteiger partial charge in [-0.1, -0.05) is 59.1 Å². The summed E-state index contributed by atoms with van der Waals surface area (Å²) in [6.45, 7) is 1.29. The first-order valence-electron chi connectivity index (χ1n) is 15.5. The van der Waals surface area contributed by atoms with Gasteiger partial charge in [0.2, 0.25) is 5.91 Å². The summed E-state index contributed by atoms with van der Waals surface area (Å²) in [4.78, 5) is 28.3. The van der Waals surface area contributed by atoms with E-state index in [0.29, 0.717) is 57.9 Å². The van der Waals surface area contributed by atoms with Crippen molar-refractivity contribution in [1.29, 1.82) is 0 Å². The minimum Gasteiger partial charge on any atom is -0.492 e. The van der Waals surface area contributed by atoms with Gasteiger partial charge in [0, 0.05) is 54.0 Å². The fraction of sp³-hybridized carbons (Fsp3) is 0.324. The normalized spacial score (nSPS) is 20.9. The monoisotopic (exact) mass is 728 g/mol. The van der Waals surface area contributed by atoms with Gasteiger partial charge in [0.25, 0.3) is 16.0 Å². The lowest BCUT2D eigenvalue weighted by Crippen LogP contribution is -2.37. The zero-order chi connectivity index (χ0) is 33.7. The number of benzene rings is 3. The van der Waals surface area contributed by atoms with E-state index >= 15 is 0 Å². The summed E-state index contributed by atoms with van der Waals surface area (Å²) in [6, 6.07) is 16.2. The van der Waals surface area contributed by atoms with Gasteiger partial charge in [0.1, 0.15) is 5.75 Å². The van der Waals surface area contributed by atoms with Gasteiger partial charge in [0.15, 0.2) is 0 Å². The molecule has 10 nitrogen and oxygen atoms in total. The van der Waals surface area contributed by atoms with Crippen molar-refractivity contribution in [2.24, 2.45) is 17.8 Å². The molecule has 1 aliphatic heterocycles. The van der Waals surface area contributed by atoms with Crippen molar-refractivity contribution in [2.75, 3.05) is 30.3 Å². The van der Waals surface area contributed by atoms with Crippen molar-refractivity contribution in [1.82, 2.24) is 15.1 Å². The largest absolute Gasteiger partial charge is 0.492 e. The second kappa shape index (κ2) is 13.0. The van der Waals surface area contributed by atoms with Crippen LogP contribution in [0.15, 0.2) is 67.0 Å². The number of aromatic nitrogens is 2. The fourth-order valence-electron chi connectivity index (χ4n) is 6.50. The van der Waals surface area contributed by atoms with Crippen LogP contribution in [-0.2, 0) is 21.5 Å². The molecule has 2 saturated carbocycles. The van der Waals surface area contributed by atoms with Gasteiger partial charge in [-0.3, -0.25) is 18.8 Å². The van der Waals surface area contributed by atoms with Crippen molar-refractivity contribution in [2.45, 2.75) is 25.3 Å². The van der Waals surface area contributed by atoms with Gasteiger partial charge in [-0.25, -0.2) is 0 Å². The summed E-state index contributed by atoms with van der Waals surface area (Å²) in [7, 11) is -4.16. The maximum absolute atomic E-state index is 13.8. The van der Waals surface area contributed by atoms with E-state index in [4.69, 9.17) is 44.1 Å². The first-order valence-corrected chi connectivity index (χ1v) is 18.3. The summed E-state index contributed by atoms with van der Waals surface area (Å²) >= 11 is 18.4. The molecule has 4 unspecified atom stereocenters. The van der Waals surface area contributed by atoms with Crippen LogP contribution in [0.5, 0.6) is 5.75 Å². The van der Waals surface area contributed by atoms with E-state index in [-0.39, 0.29) is 24.3 Å². The third kappa shape index (κ3) is 7.06. The molecule has 1 aromatic heterocycles. The molecule has 0 radical (unpaired) electrons. The van der Waals surface area contributed by atoms with Crippen molar-refractivity contribution >= 4 is 62.4 Å². The summed E-state index contributed by atoms with van der Waals surface area (Å²) in [6.07, 6.45) is 5.57. The molecule has 0 spiro atoms. The molecule has 48 heavy (non-hydrogen) atoms. The van der Waals surface area contributed by atoms with Crippen LogP contribution in [0.2, 0.25) is 15.1 Å². The molecule has 0 bridgehead atoms. The number of hydrogen-bond donors (Lipinski definition) is 2. The van der Waals surface area contributed by atoms with Crippen molar-refractivity contribution < 1.29 is 27.3 Å². The average molecular weight is 730 g/mol. The molecule has 250 valence electrons. The second-order valence-corrected chi connectivity index (χ2v) is 15.4. The predicted octanol–water partition coefficient (Wildman–Crippen LogP) is 6.34. The van der Waals surface area contributed by atoms with E-state index in [0.717, 1.165) is 35.2 Å².